The van der Waals surface area contributed by atoms with Gasteiger partial charge in [-0.2, -0.15) is 21.3 Å². The molecule has 39 heavy (non-hydrogen) atoms. The number of ether oxygens (including phenoxy) is 1. The van der Waals surface area contributed by atoms with Gasteiger partial charge in [0.15, 0.2) is 17.7 Å². The number of fused-ring (bicyclic) bond motifs is 1. The second-order valence-electron chi connectivity index (χ2n) is 7.14. The predicted octanol–water partition coefficient (Wildman–Crippen LogP) is -2.30. The van der Waals surface area contributed by atoms with Gasteiger partial charge in [-0.05, 0) is 0 Å². The number of nitrogen functional groups attached to an aromatic ring is 1. The summed E-state index contributed by atoms with van der Waals surface area (Å²) in [6, 6.07) is -0.816. The molecule has 0 aromatic carbocycles. The molecular formula is C13H23CrN6O15P3S. The number of aliphatic hydroxyl groups excluding tert-OH is 2. The molecule has 2 aromatic rings. The first-order valence-corrected chi connectivity index (χ1v) is 14.8. The maximum atomic E-state index is 11.8. The summed E-state index contributed by atoms with van der Waals surface area (Å²) in [5.74, 6) is -0.772. The van der Waals surface area contributed by atoms with Crippen molar-refractivity contribution in [1.82, 2.24) is 19.5 Å². The minimum atomic E-state index is -5.70. The molecule has 1 aliphatic rings. The summed E-state index contributed by atoms with van der Waals surface area (Å²) >= 11 is 3.65. The number of carboxylic acid groups (broad SMARTS) is 1. The predicted molar refractivity (Wildman–Crippen MR) is 125 cm³/mol. The van der Waals surface area contributed by atoms with Gasteiger partial charge in [-0.1, -0.05) is 0 Å². The number of hydrogen-bond acceptors (Lipinski definition) is 16. The van der Waals surface area contributed by atoms with Gasteiger partial charge < -0.3 is 51.1 Å². The van der Waals surface area contributed by atoms with Crippen LogP contribution in [0.3, 0.4) is 0 Å². The van der Waals surface area contributed by atoms with Gasteiger partial charge in [0, 0.05) is 23.1 Å². The SMILES string of the molecule is N[C@@H](CS)C(=O)O.Nc1ncnc2c1ncn2[C@@H]1O[C@H](COP(=O)(O)OP(=O)(O)OP(=O)(O)O)[C@@H](O)[C@H]1O.[Cr]. The van der Waals surface area contributed by atoms with E-state index in [4.69, 9.17) is 36.0 Å². The summed E-state index contributed by atoms with van der Waals surface area (Å²) in [5.41, 5.74) is 10.9. The van der Waals surface area contributed by atoms with Gasteiger partial charge in [0.05, 0.1) is 12.9 Å². The maximum absolute atomic E-state index is 11.8. The van der Waals surface area contributed by atoms with Gasteiger partial charge in [-0.3, -0.25) is 13.9 Å². The third-order valence-electron chi connectivity index (χ3n) is 4.33. The summed E-state index contributed by atoms with van der Waals surface area (Å²) in [4.78, 5) is 57.0. The summed E-state index contributed by atoms with van der Waals surface area (Å²) in [5, 5.41) is 28.4. The van der Waals surface area contributed by atoms with Gasteiger partial charge in [0.1, 0.15) is 36.2 Å². The van der Waals surface area contributed by atoms with E-state index in [0.717, 1.165) is 6.33 Å². The number of aliphatic carboxylic acids is 1. The Morgan fingerprint density at radius 2 is 1.72 bits per heavy atom. The number of hydrogen-bond donors (Lipinski definition) is 10. The molecule has 2 unspecified atom stereocenters. The molecule has 26 heteroatoms. The number of carbonyl (C=O) groups is 1. The molecule has 11 N–H and O–H groups in total. The molecule has 7 atom stereocenters. The average molecular weight is 680 g/mol. The van der Waals surface area contributed by atoms with Crippen LogP contribution in [0.15, 0.2) is 12.7 Å². The monoisotopic (exact) mass is 680 g/mol. The molecule has 3 heterocycles. The van der Waals surface area contributed by atoms with Crippen molar-refractivity contribution in [1.29, 1.82) is 0 Å². The Balaban J connectivity index is 0.000000841. The molecule has 0 radical (unpaired) electrons. The molecule has 0 amide bonds. The molecule has 0 saturated carbocycles. The van der Waals surface area contributed by atoms with Gasteiger partial charge in [0.25, 0.3) is 0 Å². The van der Waals surface area contributed by atoms with Gasteiger partial charge in [0.2, 0.25) is 0 Å². The van der Waals surface area contributed by atoms with E-state index >= 15 is 0 Å². The zero-order chi connectivity index (χ0) is 29.1. The van der Waals surface area contributed by atoms with Crippen LogP contribution in [0.4, 0.5) is 5.82 Å². The van der Waals surface area contributed by atoms with Crippen LogP contribution in [0.5, 0.6) is 0 Å². The fourth-order valence-corrected chi connectivity index (χ4v) is 5.89. The second kappa shape index (κ2) is 14.2. The van der Waals surface area contributed by atoms with Crippen LogP contribution in [0.2, 0.25) is 0 Å². The summed E-state index contributed by atoms with van der Waals surface area (Å²) in [6.45, 7) is -0.956. The van der Waals surface area contributed by atoms with Crippen molar-refractivity contribution in [2.45, 2.75) is 30.6 Å². The Morgan fingerprint density at radius 1 is 1.10 bits per heavy atom. The van der Waals surface area contributed by atoms with Crippen LogP contribution in [0, 0.1) is 0 Å². The van der Waals surface area contributed by atoms with Crippen LogP contribution in [-0.4, -0.2) is 97.1 Å². The Bertz CT molecular complexity index is 1280. The molecule has 222 valence electrons. The number of anilines is 1. The van der Waals surface area contributed by atoms with Crippen LogP contribution >= 0.6 is 36.1 Å². The number of thiol groups is 1. The number of rotatable bonds is 10. The molecule has 1 fully saturated rings. The fourth-order valence-electron chi connectivity index (χ4n) is 2.70. The van der Waals surface area contributed by atoms with Crippen molar-refractivity contribution in [3.8, 4) is 0 Å². The van der Waals surface area contributed by atoms with E-state index in [1.54, 1.807) is 0 Å². The molecule has 21 nitrogen and oxygen atoms in total. The van der Waals surface area contributed by atoms with E-state index in [9.17, 15) is 33.6 Å². The minimum Gasteiger partial charge on any atom is -0.480 e. The number of aromatic nitrogens is 4. The molecule has 3 rings (SSSR count). The molecular weight excluding hydrogens is 657 g/mol. The first-order valence-electron chi connectivity index (χ1n) is 9.69. The average Bonchev–Trinajstić information content (AvgIpc) is 3.32. The summed E-state index contributed by atoms with van der Waals surface area (Å²) in [7, 11) is -16.7. The third-order valence-corrected chi connectivity index (χ3v) is 8.53. The Hall–Kier alpha value is -1.05. The topological polar surface area (TPSA) is 342 Å². The molecule has 0 spiro atoms. The van der Waals surface area contributed by atoms with Crippen LogP contribution < -0.4 is 11.5 Å². The molecule has 1 saturated heterocycles. The van der Waals surface area contributed by atoms with Gasteiger partial charge >= 0.3 is 29.4 Å². The molecule has 0 bridgehead atoms. The number of carboxylic acids is 1. The van der Waals surface area contributed by atoms with Crippen molar-refractivity contribution in [3.05, 3.63) is 12.7 Å². The smallest absolute Gasteiger partial charge is 0.480 e. The largest absolute Gasteiger partial charge is 0.490 e. The van der Waals surface area contributed by atoms with E-state index in [0.29, 0.717) is 0 Å². The first-order chi connectivity index (χ1) is 17.4. The summed E-state index contributed by atoms with van der Waals surface area (Å²) in [6.07, 6.45) is -3.69. The zero-order valence-electron chi connectivity index (χ0n) is 19.0. The fraction of sp³-hybridized carbons (Fsp3) is 0.538. The van der Waals surface area contributed by atoms with Crippen molar-refractivity contribution < 1.29 is 88.6 Å². The van der Waals surface area contributed by atoms with Crippen molar-refractivity contribution >= 4 is 59.0 Å². The molecule has 1 aliphatic heterocycles. The number of nitrogens with two attached hydrogens (primary N) is 2. The van der Waals surface area contributed by atoms with E-state index in [1.165, 1.54) is 10.9 Å². The number of aliphatic hydroxyl groups is 2. The quantitative estimate of drug-likeness (QED) is 0.0931. The number of phosphoric ester groups is 1. The normalized spacial score (nSPS) is 25.0. The minimum absolute atomic E-state index is 0. The van der Waals surface area contributed by atoms with Crippen LogP contribution in [0.1, 0.15) is 6.23 Å². The van der Waals surface area contributed by atoms with Crippen molar-refractivity contribution in [2.75, 3.05) is 18.1 Å². The van der Waals surface area contributed by atoms with E-state index in [-0.39, 0.29) is 40.1 Å². The van der Waals surface area contributed by atoms with E-state index < -0.39 is 66.6 Å². The van der Waals surface area contributed by atoms with E-state index in [2.05, 4.69) is 40.7 Å². The Labute approximate surface area is 234 Å². The van der Waals surface area contributed by atoms with Gasteiger partial charge in [-0.15, -0.1) is 0 Å². The number of phosphoric acid groups is 3. The maximum Gasteiger partial charge on any atom is 0.490 e. The number of imidazole rings is 1. The zero-order valence-corrected chi connectivity index (χ0v) is 23.8. The number of nitrogens with zero attached hydrogens (tertiary/aromatic N) is 4. The van der Waals surface area contributed by atoms with Crippen molar-refractivity contribution in [3.63, 3.8) is 0 Å². The van der Waals surface area contributed by atoms with E-state index in [1.807, 2.05) is 0 Å². The van der Waals surface area contributed by atoms with Crippen LogP contribution in [0.25, 0.3) is 11.2 Å². The van der Waals surface area contributed by atoms with Gasteiger partial charge in [-0.25, -0.2) is 28.6 Å². The Kier molecular flexibility index (Phi) is 13.1. The Morgan fingerprint density at radius 3 is 2.23 bits per heavy atom. The second-order valence-corrected chi connectivity index (χ2v) is 11.9. The van der Waals surface area contributed by atoms with Crippen molar-refractivity contribution in [2.24, 2.45) is 5.73 Å². The third kappa shape index (κ3) is 10.4. The van der Waals surface area contributed by atoms with Crippen LogP contribution in [-0.2, 0) is 53.7 Å². The standard InChI is InChI=1S/C10H16N5O13P3.C3H7NO2S.Cr/c11-8-5-9(13-2-12-8)15(3-14-5)10-7(17)6(16)4(26-10)1-25-30(21,22)28-31(23,24)27-29(18,19)20;4-2(1-7)3(5)6;/h2-4,6-7,10,16-17H,1H2,(H,21,22)(H,23,24)(H2,11,12,13)(H2,18,19,20);2,7H,1,4H2,(H,5,6);/t4-,6-,7-,10-;2-;/m10./s1. The molecule has 2 aromatic heterocycles. The molecule has 0 aliphatic carbocycles. The first kappa shape index (κ1) is 36.0. The summed E-state index contributed by atoms with van der Waals surface area (Å²) < 4.78 is 51.9.